The highest BCUT2D eigenvalue weighted by atomic mass is 19.1. The first-order chi connectivity index (χ1) is 11.7. The molecule has 6 heteroatoms. The van der Waals surface area contributed by atoms with Crippen LogP contribution in [0.2, 0.25) is 0 Å². The molecule has 24 heavy (non-hydrogen) atoms. The second kappa shape index (κ2) is 9.70. The SMILES string of the molecule is CCNC(=NCCCc1cnn(C)c1)NCCc1ccccc1F. The van der Waals surface area contributed by atoms with Gasteiger partial charge in [-0.3, -0.25) is 9.67 Å². The summed E-state index contributed by atoms with van der Waals surface area (Å²) in [5.74, 6) is 0.623. The molecule has 0 saturated heterocycles. The molecule has 1 aromatic carbocycles. The van der Waals surface area contributed by atoms with Gasteiger partial charge in [0.25, 0.3) is 0 Å². The number of aliphatic imine (C=N–C) groups is 1. The van der Waals surface area contributed by atoms with E-state index in [9.17, 15) is 4.39 Å². The highest BCUT2D eigenvalue weighted by molar-refractivity contribution is 5.79. The minimum absolute atomic E-state index is 0.155. The van der Waals surface area contributed by atoms with Crippen molar-refractivity contribution in [1.82, 2.24) is 20.4 Å². The van der Waals surface area contributed by atoms with E-state index in [-0.39, 0.29) is 5.82 Å². The minimum Gasteiger partial charge on any atom is -0.357 e. The Morgan fingerprint density at radius 1 is 1.25 bits per heavy atom. The summed E-state index contributed by atoms with van der Waals surface area (Å²) in [4.78, 5) is 4.56. The van der Waals surface area contributed by atoms with Gasteiger partial charge in [-0.1, -0.05) is 18.2 Å². The molecule has 0 bridgehead atoms. The molecular weight excluding hydrogens is 305 g/mol. The lowest BCUT2D eigenvalue weighted by Gasteiger charge is -2.11. The first-order valence-electron chi connectivity index (χ1n) is 8.42. The van der Waals surface area contributed by atoms with Crippen molar-refractivity contribution >= 4 is 5.96 Å². The molecule has 130 valence electrons. The van der Waals surface area contributed by atoms with E-state index in [1.54, 1.807) is 6.07 Å². The Morgan fingerprint density at radius 3 is 2.79 bits per heavy atom. The second-order valence-electron chi connectivity index (χ2n) is 5.65. The van der Waals surface area contributed by atoms with Crippen molar-refractivity contribution in [2.75, 3.05) is 19.6 Å². The third kappa shape index (κ3) is 6.02. The van der Waals surface area contributed by atoms with Gasteiger partial charge >= 0.3 is 0 Å². The Balaban J connectivity index is 1.74. The van der Waals surface area contributed by atoms with Gasteiger partial charge in [0.2, 0.25) is 0 Å². The second-order valence-corrected chi connectivity index (χ2v) is 5.65. The number of nitrogens with one attached hydrogen (secondary N) is 2. The van der Waals surface area contributed by atoms with Crippen LogP contribution in [0.3, 0.4) is 0 Å². The predicted octanol–water partition coefficient (Wildman–Crippen LogP) is 2.29. The van der Waals surface area contributed by atoms with Crippen molar-refractivity contribution in [3.63, 3.8) is 0 Å². The first kappa shape index (κ1) is 18.0. The van der Waals surface area contributed by atoms with Crippen LogP contribution in [0.5, 0.6) is 0 Å². The summed E-state index contributed by atoms with van der Waals surface area (Å²) in [6.45, 7) is 4.22. The molecule has 1 heterocycles. The fourth-order valence-electron chi connectivity index (χ4n) is 2.43. The summed E-state index contributed by atoms with van der Waals surface area (Å²) >= 11 is 0. The number of aryl methyl sites for hydroxylation is 2. The first-order valence-corrected chi connectivity index (χ1v) is 8.42. The Bertz CT molecular complexity index is 650. The average Bonchev–Trinajstić information content (AvgIpc) is 2.98. The van der Waals surface area contributed by atoms with Gasteiger partial charge in [-0.25, -0.2) is 4.39 Å². The van der Waals surface area contributed by atoms with E-state index in [4.69, 9.17) is 0 Å². The van der Waals surface area contributed by atoms with Crippen LogP contribution in [0, 0.1) is 5.82 Å². The standard InChI is InChI=1S/C18H26FN5/c1-3-20-18(21-11-6-7-15-13-23-24(2)14-15)22-12-10-16-8-4-5-9-17(16)19/h4-5,8-9,13-14H,3,6-7,10-12H2,1-2H3,(H2,20,21,22). The highest BCUT2D eigenvalue weighted by Gasteiger charge is 2.02. The van der Waals surface area contributed by atoms with Crippen LogP contribution in [0.25, 0.3) is 0 Å². The highest BCUT2D eigenvalue weighted by Crippen LogP contribution is 2.06. The zero-order valence-corrected chi connectivity index (χ0v) is 14.4. The van der Waals surface area contributed by atoms with Crippen molar-refractivity contribution < 1.29 is 4.39 Å². The Hall–Kier alpha value is -2.37. The maximum atomic E-state index is 13.6. The maximum Gasteiger partial charge on any atom is 0.191 e. The molecule has 0 spiro atoms. The smallest absolute Gasteiger partial charge is 0.191 e. The maximum absolute atomic E-state index is 13.6. The molecule has 5 nitrogen and oxygen atoms in total. The number of hydrogen-bond donors (Lipinski definition) is 2. The van der Waals surface area contributed by atoms with E-state index < -0.39 is 0 Å². The molecule has 0 fully saturated rings. The fraction of sp³-hybridized carbons (Fsp3) is 0.444. The molecule has 0 radical (unpaired) electrons. The van der Waals surface area contributed by atoms with Gasteiger partial charge in [-0.15, -0.1) is 0 Å². The van der Waals surface area contributed by atoms with E-state index in [0.717, 1.165) is 37.5 Å². The molecular formula is C18H26FN5. The summed E-state index contributed by atoms with van der Waals surface area (Å²) in [6, 6.07) is 6.87. The molecule has 0 aliphatic heterocycles. The van der Waals surface area contributed by atoms with Crippen LogP contribution >= 0.6 is 0 Å². The zero-order valence-electron chi connectivity index (χ0n) is 14.4. The molecule has 0 unspecified atom stereocenters. The lowest BCUT2D eigenvalue weighted by Crippen LogP contribution is -2.38. The Morgan fingerprint density at radius 2 is 2.08 bits per heavy atom. The molecule has 0 aliphatic rings. The van der Waals surface area contributed by atoms with Crippen molar-refractivity contribution in [2.45, 2.75) is 26.2 Å². The van der Waals surface area contributed by atoms with Gasteiger partial charge in [-0.2, -0.15) is 5.10 Å². The largest absolute Gasteiger partial charge is 0.357 e. The molecule has 0 atom stereocenters. The third-order valence-corrected chi connectivity index (χ3v) is 3.64. The van der Waals surface area contributed by atoms with E-state index in [1.165, 1.54) is 11.6 Å². The van der Waals surface area contributed by atoms with E-state index in [0.29, 0.717) is 13.0 Å². The van der Waals surface area contributed by atoms with Gasteiger partial charge in [0.05, 0.1) is 6.20 Å². The molecule has 0 aliphatic carbocycles. The number of benzene rings is 1. The third-order valence-electron chi connectivity index (χ3n) is 3.64. The van der Waals surface area contributed by atoms with Crippen LogP contribution < -0.4 is 10.6 Å². The number of guanidine groups is 1. The molecule has 1 aromatic heterocycles. The summed E-state index contributed by atoms with van der Waals surface area (Å²) < 4.78 is 15.4. The lowest BCUT2D eigenvalue weighted by atomic mass is 10.1. The van der Waals surface area contributed by atoms with E-state index in [1.807, 2.05) is 43.2 Å². The van der Waals surface area contributed by atoms with Gasteiger partial charge < -0.3 is 10.6 Å². The summed E-state index contributed by atoms with van der Waals surface area (Å²) in [5, 5.41) is 10.6. The monoisotopic (exact) mass is 331 g/mol. The van der Waals surface area contributed by atoms with Gasteiger partial charge in [0, 0.05) is 32.9 Å². The fourth-order valence-corrected chi connectivity index (χ4v) is 2.43. The summed E-state index contributed by atoms with van der Waals surface area (Å²) in [6.07, 6.45) is 6.48. The van der Waals surface area contributed by atoms with Crippen LogP contribution in [-0.4, -0.2) is 35.4 Å². The number of rotatable bonds is 8. The quantitative estimate of drug-likeness (QED) is 0.443. The van der Waals surface area contributed by atoms with Crippen LogP contribution in [0.1, 0.15) is 24.5 Å². The van der Waals surface area contributed by atoms with Crippen LogP contribution in [0.15, 0.2) is 41.7 Å². The molecule has 2 N–H and O–H groups in total. The molecule has 2 aromatic rings. The Labute approximate surface area is 143 Å². The topological polar surface area (TPSA) is 54.2 Å². The average molecular weight is 331 g/mol. The number of halogens is 1. The number of hydrogen-bond acceptors (Lipinski definition) is 2. The van der Waals surface area contributed by atoms with Crippen LogP contribution in [-0.2, 0) is 19.9 Å². The lowest BCUT2D eigenvalue weighted by molar-refractivity contribution is 0.606. The summed E-state index contributed by atoms with van der Waals surface area (Å²) in [5.41, 5.74) is 1.95. The van der Waals surface area contributed by atoms with E-state index >= 15 is 0 Å². The Kier molecular flexibility index (Phi) is 7.26. The normalized spacial score (nSPS) is 11.5. The predicted molar refractivity (Wildman–Crippen MR) is 95.6 cm³/mol. The molecule has 0 amide bonds. The summed E-state index contributed by atoms with van der Waals surface area (Å²) in [7, 11) is 1.92. The number of nitrogens with zero attached hydrogens (tertiary/aromatic N) is 3. The number of aromatic nitrogens is 2. The van der Waals surface area contributed by atoms with Gasteiger partial charge in [0.15, 0.2) is 5.96 Å². The van der Waals surface area contributed by atoms with E-state index in [2.05, 4.69) is 20.7 Å². The van der Waals surface area contributed by atoms with Crippen molar-refractivity contribution in [3.05, 3.63) is 53.6 Å². The molecule has 2 rings (SSSR count). The minimum atomic E-state index is -0.155. The van der Waals surface area contributed by atoms with Gasteiger partial charge in [0.1, 0.15) is 5.82 Å². The van der Waals surface area contributed by atoms with Crippen LogP contribution in [0.4, 0.5) is 4.39 Å². The van der Waals surface area contributed by atoms with Gasteiger partial charge in [-0.05, 0) is 43.4 Å². The zero-order chi connectivity index (χ0) is 17.2. The van der Waals surface area contributed by atoms with Crippen molar-refractivity contribution in [2.24, 2.45) is 12.0 Å². The van der Waals surface area contributed by atoms with Crippen molar-refractivity contribution in [1.29, 1.82) is 0 Å². The van der Waals surface area contributed by atoms with Crippen molar-refractivity contribution in [3.8, 4) is 0 Å². The molecule has 0 saturated carbocycles.